The number of amides is 3. The van der Waals surface area contributed by atoms with E-state index in [4.69, 9.17) is 0 Å². The number of hydrogen-bond acceptors (Lipinski definition) is 5. The van der Waals surface area contributed by atoms with Crippen molar-refractivity contribution < 1.29 is 19.2 Å². The van der Waals surface area contributed by atoms with Crippen LogP contribution in [-0.2, 0) is 9.59 Å². The molecular weight excluding hydrogens is 444 g/mol. The van der Waals surface area contributed by atoms with Crippen molar-refractivity contribution in [1.82, 2.24) is 15.1 Å². The number of rotatable bonds is 7. The van der Waals surface area contributed by atoms with Crippen LogP contribution in [0.2, 0.25) is 0 Å². The van der Waals surface area contributed by atoms with Crippen LogP contribution < -0.4 is 10.2 Å². The largest absolute Gasteiger partial charge is 0.378 e. The molecule has 2 aromatic carbocycles. The van der Waals surface area contributed by atoms with Gasteiger partial charge in [-0.2, -0.15) is 0 Å². The molecular formula is C27H32N4O4. The van der Waals surface area contributed by atoms with Crippen molar-refractivity contribution in [3.8, 4) is 0 Å². The van der Waals surface area contributed by atoms with Gasteiger partial charge in [-0.15, -0.1) is 0 Å². The molecule has 3 atom stereocenters. The monoisotopic (exact) mass is 476 g/mol. The minimum Gasteiger partial charge on any atom is -0.378 e. The van der Waals surface area contributed by atoms with Gasteiger partial charge < -0.3 is 20.0 Å². The second kappa shape index (κ2) is 10.3. The number of hydrogen-bond donors (Lipinski definition) is 1. The van der Waals surface area contributed by atoms with Gasteiger partial charge in [-0.05, 0) is 49.2 Å². The summed E-state index contributed by atoms with van der Waals surface area (Å²) in [5.74, 6) is -0.914. The minimum absolute atomic E-state index is 0.00410. The Kier molecular flexibility index (Phi) is 7.19. The third kappa shape index (κ3) is 4.92. The molecule has 1 N–H and O–H groups in total. The predicted molar refractivity (Wildman–Crippen MR) is 133 cm³/mol. The summed E-state index contributed by atoms with van der Waals surface area (Å²) in [5, 5.41) is 2.88. The molecule has 4 rings (SSSR count). The molecule has 3 unspecified atom stereocenters. The van der Waals surface area contributed by atoms with Crippen molar-refractivity contribution in [3.05, 3.63) is 65.7 Å². The average molecular weight is 477 g/mol. The van der Waals surface area contributed by atoms with Gasteiger partial charge in [-0.1, -0.05) is 31.5 Å². The van der Waals surface area contributed by atoms with Crippen LogP contribution in [0, 0.1) is 0 Å². The number of nitrogens with zero attached hydrogens (tertiary/aromatic N) is 3. The number of fused-ring (bicyclic) bond motifs is 1. The van der Waals surface area contributed by atoms with Crippen LogP contribution in [0.1, 0.15) is 46.9 Å². The topological polar surface area (TPSA) is 90.0 Å². The highest BCUT2D eigenvalue weighted by atomic mass is 16.2. The Hall–Kier alpha value is -3.68. The standard InChI is InChI=1S/C27H32N4O4/c1-4-8-21(28-25(33)18-11-13-20(14-12-18)29(2)3)27(35)30-16-15-22-24(30)23(32)17-31(22)26(34)19-9-6-5-7-10-19/h5-7,9-14,21-22,24H,4,8,15-17H2,1-3H3,(H,28,33). The molecule has 3 amide bonds. The van der Waals surface area contributed by atoms with Crippen LogP contribution >= 0.6 is 0 Å². The molecule has 0 aromatic heterocycles. The molecule has 2 aliphatic heterocycles. The van der Waals surface area contributed by atoms with Crippen LogP contribution in [0.25, 0.3) is 0 Å². The quantitative estimate of drug-likeness (QED) is 0.663. The zero-order chi connectivity index (χ0) is 25.1. The lowest BCUT2D eigenvalue weighted by Gasteiger charge is -2.28. The van der Waals surface area contributed by atoms with Crippen molar-refractivity contribution in [2.45, 2.75) is 44.3 Å². The number of anilines is 1. The second-order valence-electron chi connectivity index (χ2n) is 9.35. The molecule has 2 aromatic rings. The van der Waals surface area contributed by atoms with E-state index in [2.05, 4.69) is 5.32 Å². The number of Topliss-reactive ketones (excluding diaryl/α,β-unsaturated/α-hetero) is 1. The molecule has 8 nitrogen and oxygen atoms in total. The summed E-state index contributed by atoms with van der Waals surface area (Å²) in [6.45, 7) is 2.33. The van der Waals surface area contributed by atoms with Gasteiger partial charge in [0.15, 0.2) is 5.78 Å². The molecule has 35 heavy (non-hydrogen) atoms. The number of ketones is 1. The zero-order valence-electron chi connectivity index (χ0n) is 20.4. The molecule has 2 aliphatic rings. The van der Waals surface area contributed by atoms with Crippen molar-refractivity contribution >= 4 is 29.2 Å². The third-order valence-electron chi connectivity index (χ3n) is 6.81. The molecule has 0 saturated carbocycles. The Morgan fingerprint density at radius 1 is 1.00 bits per heavy atom. The first-order valence-corrected chi connectivity index (χ1v) is 12.1. The Balaban J connectivity index is 1.47. The molecule has 0 radical (unpaired) electrons. The maximum absolute atomic E-state index is 13.5. The first-order valence-electron chi connectivity index (χ1n) is 12.1. The van der Waals surface area contributed by atoms with Gasteiger partial charge in [0.1, 0.15) is 12.1 Å². The fourth-order valence-electron chi connectivity index (χ4n) is 4.98. The molecule has 2 saturated heterocycles. The van der Waals surface area contributed by atoms with E-state index in [0.717, 1.165) is 5.69 Å². The van der Waals surface area contributed by atoms with Gasteiger partial charge in [0, 0.05) is 37.5 Å². The van der Waals surface area contributed by atoms with E-state index < -0.39 is 12.1 Å². The normalized spacial score (nSPS) is 19.9. The molecule has 8 heteroatoms. The smallest absolute Gasteiger partial charge is 0.254 e. The summed E-state index contributed by atoms with van der Waals surface area (Å²) in [6.07, 6.45) is 1.71. The number of nitrogens with one attached hydrogen (secondary N) is 1. The molecule has 0 spiro atoms. The average Bonchev–Trinajstić information content (AvgIpc) is 3.44. The van der Waals surface area contributed by atoms with Crippen LogP contribution in [-0.4, -0.2) is 78.6 Å². The lowest BCUT2D eigenvalue weighted by Crippen LogP contribution is -2.52. The summed E-state index contributed by atoms with van der Waals surface area (Å²) < 4.78 is 0. The van der Waals surface area contributed by atoms with Crippen LogP contribution in [0.15, 0.2) is 54.6 Å². The highest BCUT2D eigenvalue weighted by Gasteiger charge is 2.52. The fraction of sp³-hybridized carbons (Fsp3) is 0.407. The van der Waals surface area contributed by atoms with E-state index in [1.165, 1.54) is 0 Å². The molecule has 2 heterocycles. The summed E-state index contributed by atoms with van der Waals surface area (Å²) >= 11 is 0. The number of likely N-dealkylation sites (tertiary alicyclic amines) is 2. The van der Waals surface area contributed by atoms with Gasteiger partial charge in [0.05, 0.1) is 12.6 Å². The lowest BCUT2D eigenvalue weighted by atomic mass is 10.1. The lowest BCUT2D eigenvalue weighted by molar-refractivity contribution is -0.138. The second-order valence-corrected chi connectivity index (χ2v) is 9.35. The highest BCUT2D eigenvalue weighted by Crippen LogP contribution is 2.31. The Morgan fingerprint density at radius 3 is 2.31 bits per heavy atom. The molecule has 0 aliphatic carbocycles. The van der Waals surface area contributed by atoms with Crippen LogP contribution in [0.4, 0.5) is 5.69 Å². The van der Waals surface area contributed by atoms with E-state index >= 15 is 0 Å². The van der Waals surface area contributed by atoms with Crippen molar-refractivity contribution in [2.24, 2.45) is 0 Å². The number of benzene rings is 2. The Morgan fingerprint density at radius 2 is 1.69 bits per heavy atom. The Labute approximate surface area is 205 Å². The van der Waals surface area contributed by atoms with Crippen molar-refractivity contribution in [1.29, 1.82) is 0 Å². The summed E-state index contributed by atoms with van der Waals surface area (Å²) in [5.41, 5.74) is 1.97. The SMILES string of the molecule is CCCC(NC(=O)c1ccc(N(C)C)cc1)C(=O)N1CCC2C1C(=O)CN2C(=O)c1ccccc1. The van der Waals surface area contributed by atoms with Gasteiger partial charge in [0.2, 0.25) is 5.91 Å². The van der Waals surface area contributed by atoms with E-state index in [1.54, 1.807) is 46.2 Å². The van der Waals surface area contributed by atoms with E-state index in [1.807, 2.05) is 44.1 Å². The van der Waals surface area contributed by atoms with Gasteiger partial charge in [-0.3, -0.25) is 19.2 Å². The first kappa shape index (κ1) is 24.4. The van der Waals surface area contributed by atoms with Gasteiger partial charge in [0.25, 0.3) is 11.8 Å². The van der Waals surface area contributed by atoms with E-state index in [-0.39, 0.29) is 36.1 Å². The minimum atomic E-state index is -0.730. The maximum atomic E-state index is 13.5. The van der Waals surface area contributed by atoms with Gasteiger partial charge >= 0.3 is 0 Å². The highest BCUT2D eigenvalue weighted by molar-refractivity contribution is 6.03. The van der Waals surface area contributed by atoms with Crippen LogP contribution in [0.3, 0.4) is 0 Å². The molecule has 0 bridgehead atoms. The third-order valence-corrected chi connectivity index (χ3v) is 6.81. The van der Waals surface area contributed by atoms with E-state index in [9.17, 15) is 19.2 Å². The van der Waals surface area contributed by atoms with Crippen LogP contribution in [0.5, 0.6) is 0 Å². The number of carbonyl (C=O) groups is 4. The van der Waals surface area contributed by atoms with Crippen molar-refractivity contribution in [3.63, 3.8) is 0 Å². The maximum Gasteiger partial charge on any atom is 0.254 e. The van der Waals surface area contributed by atoms with E-state index in [0.29, 0.717) is 36.9 Å². The fourth-order valence-corrected chi connectivity index (χ4v) is 4.98. The summed E-state index contributed by atoms with van der Waals surface area (Å²) in [7, 11) is 3.85. The predicted octanol–water partition coefficient (Wildman–Crippen LogP) is 2.35. The van der Waals surface area contributed by atoms with Gasteiger partial charge in [-0.25, -0.2) is 0 Å². The Bertz CT molecular complexity index is 1100. The molecule has 184 valence electrons. The number of carbonyl (C=O) groups excluding carboxylic acids is 4. The van der Waals surface area contributed by atoms with Crippen molar-refractivity contribution in [2.75, 3.05) is 32.1 Å². The first-order chi connectivity index (χ1) is 16.8. The summed E-state index contributed by atoms with van der Waals surface area (Å²) in [6, 6.07) is 14.3. The summed E-state index contributed by atoms with van der Waals surface area (Å²) in [4.78, 5) is 57.5. The zero-order valence-corrected chi connectivity index (χ0v) is 20.4. The molecule has 2 fully saturated rings.